The molecule has 1 aliphatic rings. The lowest BCUT2D eigenvalue weighted by molar-refractivity contribution is 0.0601. The molecule has 1 aromatic rings. The molecule has 0 bridgehead atoms. The molecular weight excluding hydrogens is 216 g/mol. The largest absolute Gasteiger partial charge is 0.314 e. The topological polar surface area (TPSA) is 58.1 Å². The molecule has 2 rings (SSSR count). The number of Topliss-reactive ketones (excluding diaryl/α,β-unsaturated/α-hetero) is 1. The highest BCUT2D eigenvalue weighted by molar-refractivity contribution is 6.02. The van der Waals surface area contributed by atoms with Gasteiger partial charge in [0.15, 0.2) is 5.78 Å². The second-order valence-corrected chi connectivity index (χ2v) is 4.75. The van der Waals surface area contributed by atoms with Gasteiger partial charge in [-0.2, -0.15) is 0 Å². The summed E-state index contributed by atoms with van der Waals surface area (Å²) in [6.45, 7) is 7.59. The molecule has 1 saturated heterocycles. The number of carbonyl (C=O) groups excluding carboxylic acids is 1. The third-order valence-electron chi connectivity index (χ3n) is 3.29. The summed E-state index contributed by atoms with van der Waals surface area (Å²) in [5.74, 6) is 0.0833. The van der Waals surface area contributed by atoms with Crippen molar-refractivity contribution in [3.05, 3.63) is 24.3 Å². The van der Waals surface area contributed by atoms with Crippen molar-refractivity contribution in [2.24, 2.45) is 0 Å². The number of rotatable bonds is 3. The molecule has 0 unspecified atom stereocenters. The Hall–Kier alpha value is -1.33. The Labute approximate surface area is 101 Å². The fourth-order valence-electron chi connectivity index (χ4n) is 2.14. The summed E-state index contributed by atoms with van der Waals surface area (Å²) in [4.78, 5) is 22.4. The zero-order valence-corrected chi connectivity index (χ0v) is 10.3. The highest BCUT2D eigenvalue weighted by atomic mass is 16.1. The Morgan fingerprint density at radius 2 is 1.88 bits per heavy atom. The molecule has 1 aromatic heterocycles. The Morgan fingerprint density at radius 3 is 2.47 bits per heavy atom. The molecular formula is C12H18N4O. The number of hydrogen-bond donors (Lipinski definition) is 1. The van der Waals surface area contributed by atoms with Crippen molar-refractivity contribution in [1.29, 1.82) is 0 Å². The molecule has 5 nitrogen and oxygen atoms in total. The second kappa shape index (κ2) is 4.89. The maximum atomic E-state index is 12.4. The van der Waals surface area contributed by atoms with Crippen molar-refractivity contribution in [3.8, 4) is 0 Å². The Balaban J connectivity index is 2.17. The van der Waals surface area contributed by atoms with Crippen molar-refractivity contribution in [2.75, 3.05) is 26.2 Å². The van der Waals surface area contributed by atoms with Crippen LogP contribution in [-0.2, 0) is 0 Å². The number of hydrogen-bond acceptors (Lipinski definition) is 5. The first kappa shape index (κ1) is 12.1. The van der Waals surface area contributed by atoms with Gasteiger partial charge >= 0.3 is 0 Å². The van der Waals surface area contributed by atoms with E-state index in [1.165, 1.54) is 6.33 Å². The van der Waals surface area contributed by atoms with E-state index < -0.39 is 5.54 Å². The lowest BCUT2D eigenvalue weighted by atomic mass is 9.92. The van der Waals surface area contributed by atoms with Crippen molar-refractivity contribution in [1.82, 2.24) is 20.2 Å². The van der Waals surface area contributed by atoms with Crippen molar-refractivity contribution >= 4 is 5.78 Å². The number of piperazine rings is 1. The van der Waals surface area contributed by atoms with Crippen LogP contribution >= 0.6 is 0 Å². The summed E-state index contributed by atoms with van der Waals surface area (Å²) in [6.07, 6.45) is 4.60. The summed E-state index contributed by atoms with van der Waals surface area (Å²) in [5, 5.41) is 3.29. The minimum atomic E-state index is -0.493. The van der Waals surface area contributed by atoms with Crippen LogP contribution < -0.4 is 5.32 Å². The quantitative estimate of drug-likeness (QED) is 0.764. The van der Waals surface area contributed by atoms with E-state index in [4.69, 9.17) is 0 Å². The van der Waals surface area contributed by atoms with E-state index in [0.29, 0.717) is 5.56 Å². The second-order valence-electron chi connectivity index (χ2n) is 4.75. The van der Waals surface area contributed by atoms with Gasteiger partial charge in [0.05, 0.1) is 11.1 Å². The van der Waals surface area contributed by atoms with E-state index in [9.17, 15) is 4.79 Å². The third kappa shape index (κ3) is 2.50. The number of nitrogens with zero attached hydrogens (tertiary/aromatic N) is 3. The maximum absolute atomic E-state index is 12.4. The van der Waals surface area contributed by atoms with Crippen molar-refractivity contribution in [3.63, 3.8) is 0 Å². The molecule has 0 aliphatic carbocycles. The van der Waals surface area contributed by atoms with Gasteiger partial charge in [0, 0.05) is 38.6 Å². The Bertz CT molecular complexity index is 385. The lowest BCUT2D eigenvalue weighted by Gasteiger charge is -2.39. The molecule has 5 heteroatoms. The van der Waals surface area contributed by atoms with Crippen LogP contribution in [0.2, 0.25) is 0 Å². The zero-order valence-electron chi connectivity index (χ0n) is 10.3. The third-order valence-corrected chi connectivity index (χ3v) is 3.29. The van der Waals surface area contributed by atoms with Crippen LogP contribution in [0.5, 0.6) is 0 Å². The summed E-state index contributed by atoms with van der Waals surface area (Å²) >= 11 is 0. The summed E-state index contributed by atoms with van der Waals surface area (Å²) < 4.78 is 0. The number of carbonyl (C=O) groups is 1. The fourth-order valence-corrected chi connectivity index (χ4v) is 2.14. The van der Waals surface area contributed by atoms with Crippen LogP contribution in [0.15, 0.2) is 18.7 Å². The van der Waals surface area contributed by atoms with Crippen LogP contribution in [0.4, 0.5) is 0 Å². The minimum Gasteiger partial charge on any atom is -0.314 e. The average Bonchev–Trinajstić information content (AvgIpc) is 2.40. The predicted molar refractivity (Wildman–Crippen MR) is 64.9 cm³/mol. The van der Waals surface area contributed by atoms with Gasteiger partial charge in [-0.15, -0.1) is 0 Å². The SMILES string of the molecule is CC(C)(C(=O)c1cncnc1)N1CCNCC1. The van der Waals surface area contributed by atoms with E-state index in [2.05, 4.69) is 20.2 Å². The number of aromatic nitrogens is 2. The number of nitrogens with one attached hydrogen (secondary N) is 1. The minimum absolute atomic E-state index is 0.0833. The summed E-state index contributed by atoms with van der Waals surface area (Å²) in [7, 11) is 0. The molecule has 1 fully saturated rings. The number of ketones is 1. The first-order valence-electron chi connectivity index (χ1n) is 5.88. The summed E-state index contributed by atoms with van der Waals surface area (Å²) in [6, 6.07) is 0. The van der Waals surface area contributed by atoms with Crippen LogP contribution in [0, 0.1) is 0 Å². The van der Waals surface area contributed by atoms with E-state index in [0.717, 1.165) is 26.2 Å². The molecule has 0 radical (unpaired) electrons. The molecule has 92 valence electrons. The Kier molecular flexibility index (Phi) is 3.49. The van der Waals surface area contributed by atoms with Gasteiger partial charge in [-0.1, -0.05) is 0 Å². The van der Waals surface area contributed by atoms with Gasteiger partial charge in [0.2, 0.25) is 0 Å². The predicted octanol–water partition coefficient (Wildman–Crippen LogP) is 0.343. The van der Waals surface area contributed by atoms with Crippen LogP contribution in [0.3, 0.4) is 0 Å². The maximum Gasteiger partial charge on any atom is 0.185 e. The zero-order chi connectivity index (χ0) is 12.3. The summed E-state index contributed by atoms with van der Waals surface area (Å²) in [5.41, 5.74) is 0.0864. The van der Waals surface area contributed by atoms with Crippen molar-refractivity contribution < 1.29 is 4.79 Å². The van der Waals surface area contributed by atoms with Crippen LogP contribution in [0.25, 0.3) is 0 Å². The molecule has 0 atom stereocenters. The van der Waals surface area contributed by atoms with Gasteiger partial charge < -0.3 is 5.32 Å². The van der Waals surface area contributed by atoms with Gasteiger partial charge in [-0.25, -0.2) is 9.97 Å². The molecule has 17 heavy (non-hydrogen) atoms. The van der Waals surface area contributed by atoms with Gasteiger partial charge in [-0.3, -0.25) is 9.69 Å². The first-order chi connectivity index (χ1) is 8.12. The van der Waals surface area contributed by atoms with Crippen LogP contribution in [-0.4, -0.2) is 52.4 Å². The molecule has 0 aromatic carbocycles. The molecule has 0 amide bonds. The van der Waals surface area contributed by atoms with E-state index in [1.807, 2.05) is 13.8 Å². The van der Waals surface area contributed by atoms with Gasteiger partial charge in [-0.05, 0) is 13.8 Å². The van der Waals surface area contributed by atoms with E-state index in [1.54, 1.807) is 12.4 Å². The lowest BCUT2D eigenvalue weighted by Crippen LogP contribution is -2.57. The average molecular weight is 234 g/mol. The molecule has 1 aliphatic heterocycles. The molecule has 2 heterocycles. The normalized spacial score (nSPS) is 18.0. The molecule has 0 spiro atoms. The van der Waals surface area contributed by atoms with E-state index in [-0.39, 0.29) is 5.78 Å². The highest BCUT2D eigenvalue weighted by Gasteiger charge is 2.35. The smallest absolute Gasteiger partial charge is 0.185 e. The monoisotopic (exact) mass is 234 g/mol. The Morgan fingerprint density at radius 1 is 1.29 bits per heavy atom. The van der Waals surface area contributed by atoms with Gasteiger partial charge in [0.25, 0.3) is 0 Å². The molecule has 1 N–H and O–H groups in total. The standard InChI is InChI=1S/C12H18N4O/c1-12(2,16-5-3-13-4-6-16)11(17)10-7-14-9-15-8-10/h7-9,13H,3-6H2,1-2H3. The molecule has 0 saturated carbocycles. The van der Waals surface area contributed by atoms with Crippen LogP contribution in [0.1, 0.15) is 24.2 Å². The van der Waals surface area contributed by atoms with Gasteiger partial charge in [0.1, 0.15) is 6.33 Å². The fraction of sp³-hybridized carbons (Fsp3) is 0.583. The van der Waals surface area contributed by atoms with Crippen molar-refractivity contribution in [2.45, 2.75) is 19.4 Å². The van der Waals surface area contributed by atoms with E-state index >= 15 is 0 Å². The first-order valence-corrected chi connectivity index (χ1v) is 5.88. The highest BCUT2D eigenvalue weighted by Crippen LogP contribution is 2.20.